The van der Waals surface area contributed by atoms with E-state index in [1.54, 1.807) is 0 Å². The number of hydrogen-bond acceptors (Lipinski definition) is 1. The van der Waals surface area contributed by atoms with E-state index in [-0.39, 0.29) is 17.5 Å². The van der Waals surface area contributed by atoms with Crippen LogP contribution in [0.3, 0.4) is 0 Å². The SMILES string of the molecule is C=C(/C=C\C=C/CC)N1C2=C(B3c4c1cccc4-n1c(C)c(C)c4cc(-c5cccc6c5C(C)(C)c5ccccc5-6)cc3c41)C(C)(C)c1ccccc12. The van der Waals surface area contributed by atoms with Crippen LogP contribution in [0, 0.1) is 13.8 Å². The summed E-state index contributed by atoms with van der Waals surface area (Å²) in [6.07, 6.45) is 9.66. The predicted molar refractivity (Wildman–Crippen MR) is 227 cm³/mol. The number of nitrogens with zero attached hydrogens (tertiary/aromatic N) is 2. The molecule has 1 aromatic heterocycles. The number of hydrogen-bond donors (Lipinski definition) is 0. The fourth-order valence-corrected chi connectivity index (χ4v) is 10.6. The summed E-state index contributed by atoms with van der Waals surface area (Å²) in [7, 11) is 0. The minimum Gasteiger partial charge on any atom is -0.315 e. The molecule has 2 nitrogen and oxygen atoms in total. The molecule has 10 rings (SSSR count). The lowest BCUT2D eigenvalue weighted by Crippen LogP contribution is -2.56. The van der Waals surface area contributed by atoms with E-state index in [0.717, 1.165) is 12.1 Å². The second kappa shape index (κ2) is 11.0. The lowest BCUT2D eigenvalue weighted by atomic mass is 9.30. The maximum absolute atomic E-state index is 4.74. The summed E-state index contributed by atoms with van der Waals surface area (Å²) in [5.41, 5.74) is 23.6. The number of aromatic nitrogens is 1. The van der Waals surface area contributed by atoms with Crippen LogP contribution in [0.4, 0.5) is 5.69 Å². The van der Waals surface area contributed by atoms with Crippen molar-refractivity contribution in [2.45, 2.75) is 65.7 Å². The van der Waals surface area contributed by atoms with Crippen LogP contribution in [0.5, 0.6) is 0 Å². The van der Waals surface area contributed by atoms with Crippen molar-refractivity contribution in [2.24, 2.45) is 0 Å². The smallest absolute Gasteiger partial charge is 0.248 e. The van der Waals surface area contributed by atoms with E-state index in [1.165, 1.54) is 100 Å². The molecule has 258 valence electrons. The Labute approximate surface area is 314 Å². The van der Waals surface area contributed by atoms with Crippen LogP contribution in [0.1, 0.15) is 74.6 Å². The van der Waals surface area contributed by atoms with Gasteiger partial charge in [-0.25, -0.2) is 0 Å². The third-order valence-corrected chi connectivity index (χ3v) is 13.0. The fraction of sp³-hybridized carbons (Fsp3) is 0.200. The number of anilines is 1. The van der Waals surface area contributed by atoms with Crippen LogP contribution < -0.4 is 15.8 Å². The monoisotopic (exact) mass is 684 g/mol. The van der Waals surface area contributed by atoms with Gasteiger partial charge in [-0.3, -0.25) is 0 Å². The molecule has 0 spiro atoms. The largest absolute Gasteiger partial charge is 0.315 e. The highest BCUT2D eigenvalue weighted by Crippen LogP contribution is 2.55. The van der Waals surface area contributed by atoms with Crippen molar-refractivity contribution in [3.8, 4) is 27.9 Å². The minimum atomic E-state index is -0.204. The molecule has 0 saturated carbocycles. The van der Waals surface area contributed by atoms with Crippen molar-refractivity contribution in [3.05, 3.63) is 173 Å². The molecule has 2 aliphatic heterocycles. The molecule has 53 heavy (non-hydrogen) atoms. The van der Waals surface area contributed by atoms with E-state index in [2.05, 4.69) is 179 Å². The molecule has 5 aromatic carbocycles. The molecule has 0 radical (unpaired) electrons. The Morgan fingerprint density at radius 3 is 2.17 bits per heavy atom. The van der Waals surface area contributed by atoms with Crippen LogP contribution in [0.25, 0.3) is 44.5 Å². The number of rotatable bonds is 5. The Bertz CT molecular complexity index is 2710. The Morgan fingerprint density at radius 1 is 0.736 bits per heavy atom. The molecule has 0 bridgehead atoms. The number of benzene rings is 5. The zero-order chi connectivity index (χ0) is 36.6. The summed E-state index contributed by atoms with van der Waals surface area (Å²) < 4.78 is 2.57. The van der Waals surface area contributed by atoms with Gasteiger partial charge in [0.2, 0.25) is 6.71 Å². The predicted octanol–water partition coefficient (Wildman–Crippen LogP) is 11.2. The number of allylic oxidation sites excluding steroid dienone is 5. The van der Waals surface area contributed by atoms with Gasteiger partial charge in [0.05, 0.1) is 0 Å². The van der Waals surface area contributed by atoms with E-state index in [0.29, 0.717) is 0 Å². The van der Waals surface area contributed by atoms with E-state index < -0.39 is 0 Å². The van der Waals surface area contributed by atoms with Gasteiger partial charge in [-0.15, -0.1) is 0 Å². The van der Waals surface area contributed by atoms with Crippen LogP contribution in [0.2, 0.25) is 0 Å². The van der Waals surface area contributed by atoms with E-state index in [1.807, 2.05) is 0 Å². The summed E-state index contributed by atoms with van der Waals surface area (Å²) in [4.78, 5) is 2.47. The Morgan fingerprint density at radius 2 is 1.40 bits per heavy atom. The second-order valence-corrected chi connectivity index (χ2v) is 16.5. The molecule has 3 heteroatoms. The van der Waals surface area contributed by atoms with Crippen LogP contribution in [0.15, 0.2) is 139 Å². The quantitative estimate of drug-likeness (QED) is 0.130. The Kier molecular flexibility index (Phi) is 6.67. The third kappa shape index (κ3) is 4.06. The highest BCUT2D eigenvalue weighted by molar-refractivity contribution is 6.96. The maximum atomic E-state index is 4.74. The number of fused-ring (bicyclic) bond motifs is 8. The summed E-state index contributed by atoms with van der Waals surface area (Å²) >= 11 is 0. The van der Waals surface area contributed by atoms with Crippen molar-refractivity contribution in [3.63, 3.8) is 0 Å². The van der Waals surface area contributed by atoms with E-state index in [4.69, 9.17) is 6.58 Å². The van der Waals surface area contributed by atoms with Crippen molar-refractivity contribution < 1.29 is 0 Å². The Hall–Kier alpha value is -5.54. The first-order valence-corrected chi connectivity index (χ1v) is 19.3. The van der Waals surface area contributed by atoms with Gasteiger partial charge in [-0.2, -0.15) is 0 Å². The zero-order valence-electron chi connectivity index (χ0n) is 31.9. The lowest BCUT2D eigenvalue weighted by molar-refractivity contribution is 0.662. The highest BCUT2D eigenvalue weighted by atomic mass is 15.2. The van der Waals surface area contributed by atoms with Crippen molar-refractivity contribution in [1.82, 2.24) is 4.57 Å². The first kappa shape index (κ1) is 32.1. The second-order valence-electron chi connectivity index (χ2n) is 16.5. The molecule has 3 heterocycles. The summed E-state index contributed by atoms with van der Waals surface area (Å²) in [6.45, 7) is 21.3. The van der Waals surface area contributed by atoms with Crippen LogP contribution in [-0.4, -0.2) is 11.3 Å². The van der Waals surface area contributed by atoms with Crippen LogP contribution >= 0.6 is 0 Å². The van der Waals surface area contributed by atoms with Gasteiger partial charge in [0.1, 0.15) is 0 Å². The molecule has 0 saturated heterocycles. The molecule has 0 atom stereocenters. The normalized spacial score (nSPS) is 16.7. The standard InChI is InChI=1S/C50H45BN2/c1-9-10-11-12-19-30(2)52-42-26-18-27-43-45(42)51(48-47(52)37-21-14-16-25-40(37)50(48,7)8)41-29-33(28-38-31(3)32(4)53(43)46(38)41)34-22-17-23-36-35-20-13-15-24-39(35)49(5,6)44(34)36/h10-29H,2,9H2,1,3-8H3/b11-10-,19-12-. The average Bonchev–Trinajstić information content (AvgIpc) is 3.67. The molecular formula is C50H45BN2. The minimum absolute atomic E-state index is 0.0808. The molecule has 6 aromatic rings. The molecule has 2 aliphatic carbocycles. The van der Waals surface area contributed by atoms with Gasteiger partial charge >= 0.3 is 0 Å². The van der Waals surface area contributed by atoms with Crippen molar-refractivity contribution in [2.75, 3.05) is 4.90 Å². The third-order valence-electron chi connectivity index (χ3n) is 13.0. The lowest BCUT2D eigenvalue weighted by Gasteiger charge is -2.43. The first-order chi connectivity index (χ1) is 25.6. The van der Waals surface area contributed by atoms with Crippen LogP contribution in [-0.2, 0) is 10.8 Å². The van der Waals surface area contributed by atoms with Gasteiger partial charge in [-0.1, -0.05) is 144 Å². The fourth-order valence-electron chi connectivity index (χ4n) is 10.6. The van der Waals surface area contributed by atoms with Gasteiger partial charge in [-0.05, 0) is 100.0 Å². The van der Waals surface area contributed by atoms with Gasteiger partial charge in [0, 0.05) is 55.8 Å². The summed E-state index contributed by atoms with van der Waals surface area (Å²) in [5.74, 6) is 0. The zero-order valence-corrected chi connectivity index (χ0v) is 31.9. The van der Waals surface area contributed by atoms with E-state index in [9.17, 15) is 0 Å². The topological polar surface area (TPSA) is 8.17 Å². The molecular weight excluding hydrogens is 639 g/mol. The average molecular weight is 685 g/mol. The molecule has 4 aliphatic rings. The van der Waals surface area contributed by atoms with Crippen molar-refractivity contribution >= 4 is 39.9 Å². The molecule has 0 unspecified atom stereocenters. The Balaban J connectivity index is 1.30. The summed E-state index contributed by atoms with van der Waals surface area (Å²) in [6, 6.07) is 37.0. The molecule has 0 fully saturated rings. The maximum Gasteiger partial charge on any atom is 0.248 e. The van der Waals surface area contributed by atoms with Gasteiger partial charge in [0.15, 0.2) is 0 Å². The van der Waals surface area contributed by atoms with Crippen molar-refractivity contribution in [1.29, 1.82) is 0 Å². The summed E-state index contributed by atoms with van der Waals surface area (Å²) in [5, 5.41) is 1.35. The molecule has 0 amide bonds. The highest BCUT2D eigenvalue weighted by Gasteiger charge is 2.52. The molecule has 0 N–H and O–H groups in total. The number of aryl methyl sites for hydroxylation is 1. The van der Waals surface area contributed by atoms with Gasteiger partial charge < -0.3 is 9.47 Å². The van der Waals surface area contributed by atoms with E-state index >= 15 is 0 Å². The van der Waals surface area contributed by atoms with Gasteiger partial charge in [0.25, 0.3) is 0 Å². The first-order valence-electron chi connectivity index (χ1n) is 19.3.